The molecule has 0 aliphatic rings. The minimum absolute atomic E-state index is 0.171. The number of ether oxygens (including phenoxy) is 1. The first-order valence-electron chi connectivity index (χ1n) is 7.43. The number of rotatable bonds is 7. The molecule has 2 rings (SSSR count). The highest BCUT2D eigenvalue weighted by Crippen LogP contribution is 2.12. The maximum atomic E-state index is 11.8. The van der Waals surface area contributed by atoms with E-state index >= 15 is 0 Å². The smallest absolute Gasteiger partial charge is 0.293 e. The van der Waals surface area contributed by atoms with Gasteiger partial charge in [-0.1, -0.05) is 19.8 Å². The second-order valence-corrected chi connectivity index (χ2v) is 5.23. The van der Waals surface area contributed by atoms with Crippen molar-refractivity contribution in [1.29, 1.82) is 0 Å². The molecule has 2 aromatic heterocycles. The number of aromatic nitrogens is 1. The number of unbranched alkanes of at least 4 members (excludes halogenated alkanes) is 2. The van der Waals surface area contributed by atoms with Crippen LogP contribution in [0.1, 0.15) is 36.7 Å². The van der Waals surface area contributed by atoms with Crippen molar-refractivity contribution < 1.29 is 13.9 Å². The van der Waals surface area contributed by atoms with Gasteiger partial charge in [0.15, 0.2) is 10.9 Å². The summed E-state index contributed by atoms with van der Waals surface area (Å²) >= 11 is 5.07. The first-order chi connectivity index (χ1) is 11.2. The van der Waals surface area contributed by atoms with Gasteiger partial charge >= 0.3 is 0 Å². The lowest BCUT2D eigenvalue weighted by molar-refractivity contribution is 0.0950. The van der Waals surface area contributed by atoms with Crippen LogP contribution >= 0.6 is 12.2 Å². The predicted octanol–water partition coefficient (Wildman–Crippen LogP) is 3.37. The van der Waals surface area contributed by atoms with E-state index in [-0.39, 0.29) is 10.9 Å². The van der Waals surface area contributed by atoms with E-state index in [9.17, 15) is 4.79 Å². The van der Waals surface area contributed by atoms with Crippen LogP contribution in [0.15, 0.2) is 41.1 Å². The number of carbonyl (C=O) groups is 1. The van der Waals surface area contributed by atoms with Gasteiger partial charge in [-0.05, 0) is 36.8 Å². The predicted molar refractivity (Wildman–Crippen MR) is 91.7 cm³/mol. The standard InChI is InChI=1S/C16H19N3O3S/c1-2-3-4-9-22-14-8-7-12(11-17-14)18-16(23)19-15(20)13-6-5-10-21-13/h5-8,10-11H,2-4,9H2,1H3,(H2,18,19,20,23). The number of anilines is 1. The van der Waals surface area contributed by atoms with Crippen molar-refractivity contribution in [2.75, 3.05) is 11.9 Å². The van der Waals surface area contributed by atoms with E-state index in [4.69, 9.17) is 21.4 Å². The Bertz CT molecular complexity index is 627. The van der Waals surface area contributed by atoms with Gasteiger partial charge in [-0.3, -0.25) is 10.1 Å². The van der Waals surface area contributed by atoms with Crippen LogP contribution in [0.25, 0.3) is 0 Å². The molecule has 23 heavy (non-hydrogen) atoms. The highest BCUT2D eigenvalue weighted by atomic mass is 32.1. The number of pyridine rings is 1. The van der Waals surface area contributed by atoms with E-state index in [1.807, 2.05) is 0 Å². The number of furan rings is 1. The van der Waals surface area contributed by atoms with Crippen molar-refractivity contribution in [3.05, 3.63) is 42.5 Å². The quantitative estimate of drug-likeness (QED) is 0.597. The molecule has 7 heteroatoms. The van der Waals surface area contributed by atoms with Crippen molar-refractivity contribution >= 4 is 28.9 Å². The van der Waals surface area contributed by atoms with E-state index in [2.05, 4.69) is 22.5 Å². The van der Waals surface area contributed by atoms with Gasteiger partial charge in [0.05, 0.1) is 24.8 Å². The van der Waals surface area contributed by atoms with Crippen LogP contribution in [0.3, 0.4) is 0 Å². The van der Waals surface area contributed by atoms with Gasteiger partial charge in [0.1, 0.15) is 0 Å². The van der Waals surface area contributed by atoms with Crippen molar-refractivity contribution in [1.82, 2.24) is 10.3 Å². The largest absolute Gasteiger partial charge is 0.478 e. The molecule has 0 radical (unpaired) electrons. The normalized spacial score (nSPS) is 10.1. The molecule has 0 unspecified atom stereocenters. The van der Waals surface area contributed by atoms with Gasteiger partial charge in [0.2, 0.25) is 5.88 Å². The Kier molecular flexibility index (Phi) is 6.56. The Morgan fingerprint density at radius 2 is 2.22 bits per heavy atom. The van der Waals surface area contributed by atoms with Crippen LogP contribution in [-0.2, 0) is 0 Å². The van der Waals surface area contributed by atoms with E-state index in [1.165, 1.54) is 6.26 Å². The lowest BCUT2D eigenvalue weighted by atomic mass is 10.3. The van der Waals surface area contributed by atoms with Crippen molar-refractivity contribution in [2.45, 2.75) is 26.2 Å². The highest BCUT2D eigenvalue weighted by Gasteiger charge is 2.10. The third kappa shape index (κ3) is 5.71. The van der Waals surface area contributed by atoms with Crippen molar-refractivity contribution in [2.24, 2.45) is 0 Å². The monoisotopic (exact) mass is 333 g/mol. The van der Waals surface area contributed by atoms with Gasteiger partial charge in [0.25, 0.3) is 5.91 Å². The number of nitrogens with one attached hydrogen (secondary N) is 2. The van der Waals surface area contributed by atoms with Crippen LogP contribution in [0.4, 0.5) is 5.69 Å². The average Bonchev–Trinajstić information content (AvgIpc) is 3.07. The summed E-state index contributed by atoms with van der Waals surface area (Å²) in [5, 5.41) is 5.57. The zero-order valence-electron chi connectivity index (χ0n) is 12.9. The van der Waals surface area contributed by atoms with Crippen LogP contribution in [-0.4, -0.2) is 22.6 Å². The molecule has 0 spiro atoms. The molecule has 6 nitrogen and oxygen atoms in total. The molecule has 0 bridgehead atoms. The van der Waals surface area contributed by atoms with Crippen LogP contribution in [0.5, 0.6) is 5.88 Å². The molecule has 0 atom stereocenters. The van der Waals surface area contributed by atoms with Crippen molar-refractivity contribution in [3.63, 3.8) is 0 Å². The Balaban J connectivity index is 1.78. The fourth-order valence-corrected chi connectivity index (χ4v) is 2.01. The average molecular weight is 333 g/mol. The van der Waals surface area contributed by atoms with Crippen LogP contribution in [0, 0.1) is 0 Å². The number of hydrogen-bond donors (Lipinski definition) is 2. The molecule has 0 aromatic carbocycles. The topological polar surface area (TPSA) is 76.4 Å². The lowest BCUT2D eigenvalue weighted by Gasteiger charge is -2.09. The summed E-state index contributed by atoms with van der Waals surface area (Å²) in [6, 6.07) is 6.73. The minimum Gasteiger partial charge on any atom is -0.478 e. The zero-order chi connectivity index (χ0) is 16.5. The molecular formula is C16H19N3O3S. The number of amides is 1. The SMILES string of the molecule is CCCCCOc1ccc(NC(=S)NC(=O)c2ccco2)cn1. The fourth-order valence-electron chi connectivity index (χ4n) is 1.80. The first-order valence-corrected chi connectivity index (χ1v) is 7.84. The van der Waals surface area contributed by atoms with E-state index in [0.29, 0.717) is 18.2 Å². The Morgan fingerprint density at radius 1 is 1.35 bits per heavy atom. The molecule has 2 N–H and O–H groups in total. The van der Waals surface area contributed by atoms with Gasteiger partial charge in [-0.2, -0.15) is 0 Å². The highest BCUT2D eigenvalue weighted by molar-refractivity contribution is 7.80. The summed E-state index contributed by atoms with van der Waals surface area (Å²) in [6.45, 7) is 2.80. The molecule has 2 aromatic rings. The van der Waals surface area contributed by atoms with Gasteiger partial charge in [-0.25, -0.2) is 4.98 Å². The second kappa shape index (κ2) is 8.89. The molecule has 0 saturated carbocycles. The van der Waals surface area contributed by atoms with Crippen LogP contribution < -0.4 is 15.4 Å². The zero-order valence-corrected chi connectivity index (χ0v) is 13.7. The molecule has 1 amide bonds. The summed E-state index contributed by atoms with van der Waals surface area (Å²) in [6.07, 6.45) is 6.33. The second-order valence-electron chi connectivity index (χ2n) is 4.83. The third-order valence-electron chi connectivity index (χ3n) is 2.96. The van der Waals surface area contributed by atoms with E-state index in [0.717, 1.165) is 19.3 Å². The summed E-state index contributed by atoms with van der Waals surface area (Å²) in [7, 11) is 0. The molecule has 0 aliphatic heterocycles. The van der Waals surface area contributed by atoms with Gasteiger partial charge in [-0.15, -0.1) is 0 Å². The van der Waals surface area contributed by atoms with Crippen molar-refractivity contribution in [3.8, 4) is 5.88 Å². The fraction of sp³-hybridized carbons (Fsp3) is 0.312. The summed E-state index contributed by atoms with van der Waals surface area (Å²) in [5.41, 5.74) is 0.663. The minimum atomic E-state index is -0.406. The van der Waals surface area contributed by atoms with Crippen LogP contribution in [0.2, 0.25) is 0 Å². The summed E-state index contributed by atoms with van der Waals surface area (Å²) in [4.78, 5) is 15.9. The maximum Gasteiger partial charge on any atom is 0.293 e. The van der Waals surface area contributed by atoms with Gasteiger partial charge < -0.3 is 14.5 Å². The number of thiocarbonyl (C=S) groups is 1. The Morgan fingerprint density at radius 3 is 2.87 bits per heavy atom. The molecule has 2 heterocycles. The summed E-state index contributed by atoms with van der Waals surface area (Å²) < 4.78 is 10.5. The molecule has 122 valence electrons. The lowest BCUT2D eigenvalue weighted by Crippen LogP contribution is -2.33. The number of nitrogens with zero attached hydrogens (tertiary/aromatic N) is 1. The third-order valence-corrected chi connectivity index (χ3v) is 3.17. The Labute approximate surface area is 140 Å². The molecule has 0 aliphatic carbocycles. The first kappa shape index (κ1) is 17.0. The molecular weight excluding hydrogens is 314 g/mol. The van der Waals surface area contributed by atoms with E-state index in [1.54, 1.807) is 30.5 Å². The molecule has 0 fully saturated rings. The number of carbonyl (C=O) groups excluding carboxylic acids is 1. The molecule has 0 saturated heterocycles. The summed E-state index contributed by atoms with van der Waals surface area (Å²) in [5.74, 6) is 0.358. The van der Waals surface area contributed by atoms with Gasteiger partial charge in [0, 0.05) is 6.07 Å². The maximum absolute atomic E-state index is 11.8. The van der Waals surface area contributed by atoms with E-state index < -0.39 is 5.91 Å². The Hall–Kier alpha value is -2.41. The number of hydrogen-bond acceptors (Lipinski definition) is 5.